The number of anilines is 1. The van der Waals surface area contributed by atoms with E-state index in [9.17, 15) is 4.79 Å². The third-order valence-electron chi connectivity index (χ3n) is 3.07. The number of hydrogen-bond acceptors (Lipinski definition) is 3. The SMILES string of the molecule is Nc1ccc(CCNC(=O)C2CCCN2)cc1. The summed E-state index contributed by atoms with van der Waals surface area (Å²) in [6, 6.07) is 7.78. The lowest BCUT2D eigenvalue weighted by Crippen LogP contribution is -2.41. The number of carbonyl (C=O) groups is 1. The number of nitrogens with two attached hydrogens (primary N) is 1. The average Bonchev–Trinajstić information content (AvgIpc) is 2.85. The standard InChI is InChI=1S/C13H19N3O/c14-11-5-3-10(4-6-11)7-9-16-13(17)12-2-1-8-15-12/h3-6,12,15H,1-2,7-9,14H2,(H,16,17). The quantitative estimate of drug-likeness (QED) is 0.670. The zero-order valence-electron chi connectivity index (χ0n) is 9.91. The van der Waals surface area contributed by atoms with Gasteiger partial charge in [-0.3, -0.25) is 4.79 Å². The first-order chi connectivity index (χ1) is 8.25. The number of nitrogen functional groups attached to an aromatic ring is 1. The first-order valence-electron chi connectivity index (χ1n) is 6.11. The second kappa shape index (κ2) is 5.68. The van der Waals surface area contributed by atoms with Crippen LogP contribution in [-0.4, -0.2) is 25.0 Å². The molecule has 17 heavy (non-hydrogen) atoms. The highest BCUT2D eigenvalue weighted by Crippen LogP contribution is 2.06. The van der Waals surface area contributed by atoms with Crippen LogP contribution >= 0.6 is 0 Å². The Kier molecular flexibility index (Phi) is 3.98. The molecule has 0 radical (unpaired) electrons. The summed E-state index contributed by atoms with van der Waals surface area (Å²) in [4.78, 5) is 11.7. The minimum Gasteiger partial charge on any atom is -0.399 e. The van der Waals surface area contributed by atoms with Crippen LogP contribution in [0.4, 0.5) is 5.69 Å². The van der Waals surface area contributed by atoms with Crippen LogP contribution in [0.2, 0.25) is 0 Å². The molecule has 1 heterocycles. The maximum Gasteiger partial charge on any atom is 0.237 e. The molecule has 4 N–H and O–H groups in total. The van der Waals surface area contributed by atoms with Crippen molar-refractivity contribution in [3.63, 3.8) is 0 Å². The molecule has 0 spiro atoms. The van der Waals surface area contributed by atoms with Crippen molar-refractivity contribution in [2.45, 2.75) is 25.3 Å². The smallest absolute Gasteiger partial charge is 0.237 e. The van der Waals surface area contributed by atoms with Gasteiger partial charge in [0.2, 0.25) is 5.91 Å². The Morgan fingerprint density at radius 3 is 2.82 bits per heavy atom. The Morgan fingerprint density at radius 1 is 1.41 bits per heavy atom. The van der Waals surface area contributed by atoms with Crippen molar-refractivity contribution in [3.05, 3.63) is 29.8 Å². The highest BCUT2D eigenvalue weighted by Gasteiger charge is 2.20. The Hall–Kier alpha value is -1.55. The predicted molar refractivity (Wildman–Crippen MR) is 68.6 cm³/mol. The van der Waals surface area contributed by atoms with Gasteiger partial charge in [-0.05, 0) is 43.5 Å². The van der Waals surface area contributed by atoms with Gasteiger partial charge in [0.1, 0.15) is 0 Å². The summed E-state index contributed by atoms with van der Waals surface area (Å²) in [7, 11) is 0. The van der Waals surface area contributed by atoms with Crippen LogP contribution < -0.4 is 16.4 Å². The number of hydrogen-bond donors (Lipinski definition) is 3. The number of carbonyl (C=O) groups excluding carboxylic acids is 1. The van der Waals surface area contributed by atoms with Crippen molar-refractivity contribution in [2.24, 2.45) is 0 Å². The third kappa shape index (κ3) is 3.46. The number of benzene rings is 1. The summed E-state index contributed by atoms with van der Waals surface area (Å²) < 4.78 is 0. The van der Waals surface area contributed by atoms with E-state index in [-0.39, 0.29) is 11.9 Å². The van der Waals surface area contributed by atoms with E-state index in [0.717, 1.165) is 31.5 Å². The van der Waals surface area contributed by atoms with Gasteiger partial charge in [-0.25, -0.2) is 0 Å². The molecule has 0 bridgehead atoms. The first-order valence-corrected chi connectivity index (χ1v) is 6.11. The van der Waals surface area contributed by atoms with Gasteiger partial charge in [0.25, 0.3) is 0 Å². The third-order valence-corrected chi connectivity index (χ3v) is 3.07. The van der Waals surface area contributed by atoms with Gasteiger partial charge in [-0.1, -0.05) is 12.1 Å². The maximum absolute atomic E-state index is 11.7. The molecular formula is C13H19N3O. The van der Waals surface area contributed by atoms with E-state index in [2.05, 4.69) is 10.6 Å². The molecule has 2 rings (SSSR count). The molecule has 1 fully saturated rings. The molecule has 1 aromatic carbocycles. The average molecular weight is 233 g/mol. The lowest BCUT2D eigenvalue weighted by molar-refractivity contribution is -0.122. The second-order valence-electron chi connectivity index (χ2n) is 4.43. The minimum atomic E-state index is 0.0152. The zero-order valence-corrected chi connectivity index (χ0v) is 9.91. The number of nitrogens with one attached hydrogen (secondary N) is 2. The lowest BCUT2D eigenvalue weighted by Gasteiger charge is -2.10. The number of amides is 1. The summed E-state index contributed by atoms with van der Waals surface area (Å²) >= 11 is 0. The molecule has 1 aliphatic rings. The summed E-state index contributed by atoms with van der Waals surface area (Å²) in [5, 5.41) is 6.14. The highest BCUT2D eigenvalue weighted by molar-refractivity contribution is 5.81. The molecule has 1 saturated heterocycles. The molecule has 92 valence electrons. The van der Waals surface area contributed by atoms with E-state index in [4.69, 9.17) is 5.73 Å². The van der Waals surface area contributed by atoms with Crippen LogP contribution in [-0.2, 0) is 11.2 Å². The largest absolute Gasteiger partial charge is 0.399 e. The molecule has 4 heteroatoms. The fourth-order valence-corrected chi connectivity index (χ4v) is 2.05. The van der Waals surface area contributed by atoms with Crippen molar-refractivity contribution in [2.75, 3.05) is 18.8 Å². The molecule has 0 saturated carbocycles. The normalized spacial score (nSPS) is 19.2. The molecule has 0 aliphatic carbocycles. The molecule has 1 unspecified atom stereocenters. The topological polar surface area (TPSA) is 67.1 Å². The van der Waals surface area contributed by atoms with Crippen LogP contribution in [0.25, 0.3) is 0 Å². The minimum absolute atomic E-state index is 0.0152. The Labute approximate surface area is 102 Å². The molecule has 1 atom stereocenters. The molecular weight excluding hydrogens is 214 g/mol. The summed E-state index contributed by atoms with van der Waals surface area (Å²) in [6.45, 7) is 1.64. The van der Waals surface area contributed by atoms with E-state index in [0.29, 0.717) is 6.54 Å². The van der Waals surface area contributed by atoms with Gasteiger partial charge in [0.15, 0.2) is 0 Å². The number of rotatable bonds is 4. The van der Waals surface area contributed by atoms with Crippen molar-refractivity contribution < 1.29 is 4.79 Å². The van der Waals surface area contributed by atoms with Crippen molar-refractivity contribution in [1.82, 2.24) is 10.6 Å². The van der Waals surface area contributed by atoms with Crippen molar-refractivity contribution in [1.29, 1.82) is 0 Å². The van der Waals surface area contributed by atoms with Crippen LogP contribution in [0.5, 0.6) is 0 Å². The van der Waals surface area contributed by atoms with E-state index in [1.807, 2.05) is 24.3 Å². The Bertz CT molecular complexity index is 369. The van der Waals surface area contributed by atoms with Crippen molar-refractivity contribution >= 4 is 11.6 Å². The maximum atomic E-state index is 11.7. The monoisotopic (exact) mass is 233 g/mol. The van der Waals surface area contributed by atoms with Gasteiger partial charge in [0.05, 0.1) is 6.04 Å². The van der Waals surface area contributed by atoms with E-state index in [1.54, 1.807) is 0 Å². The predicted octanol–water partition coefficient (Wildman–Crippen LogP) is 0.679. The molecule has 4 nitrogen and oxygen atoms in total. The van der Waals surface area contributed by atoms with Gasteiger partial charge in [-0.2, -0.15) is 0 Å². The van der Waals surface area contributed by atoms with Crippen LogP contribution in [0.15, 0.2) is 24.3 Å². The van der Waals surface area contributed by atoms with Gasteiger partial charge in [-0.15, -0.1) is 0 Å². The van der Waals surface area contributed by atoms with Crippen LogP contribution in [0.1, 0.15) is 18.4 Å². The molecule has 0 aromatic heterocycles. The van der Waals surface area contributed by atoms with E-state index in [1.165, 1.54) is 5.56 Å². The van der Waals surface area contributed by atoms with Gasteiger partial charge in [0, 0.05) is 12.2 Å². The molecule has 1 amide bonds. The summed E-state index contributed by atoms with van der Waals surface area (Å²) in [5.41, 5.74) is 7.57. The van der Waals surface area contributed by atoms with E-state index >= 15 is 0 Å². The molecule has 1 aromatic rings. The lowest BCUT2D eigenvalue weighted by atomic mass is 10.1. The first kappa shape index (κ1) is 11.9. The van der Waals surface area contributed by atoms with Crippen LogP contribution in [0.3, 0.4) is 0 Å². The van der Waals surface area contributed by atoms with Gasteiger partial charge >= 0.3 is 0 Å². The van der Waals surface area contributed by atoms with Crippen molar-refractivity contribution in [3.8, 4) is 0 Å². The second-order valence-corrected chi connectivity index (χ2v) is 4.43. The zero-order chi connectivity index (χ0) is 12.1. The summed E-state index contributed by atoms with van der Waals surface area (Å²) in [5.74, 6) is 0.123. The summed E-state index contributed by atoms with van der Waals surface area (Å²) in [6.07, 6.45) is 2.89. The Balaban J connectivity index is 1.72. The highest BCUT2D eigenvalue weighted by atomic mass is 16.2. The fraction of sp³-hybridized carbons (Fsp3) is 0.462. The van der Waals surface area contributed by atoms with Crippen LogP contribution in [0, 0.1) is 0 Å². The molecule has 1 aliphatic heterocycles. The van der Waals surface area contributed by atoms with Gasteiger partial charge < -0.3 is 16.4 Å². The van der Waals surface area contributed by atoms with E-state index < -0.39 is 0 Å². The Morgan fingerprint density at radius 2 is 2.18 bits per heavy atom. The fourth-order valence-electron chi connectivity index (χ4n) is 2.05.